The lowest BCUT2D eigenvalue weighted by Crippen LogP contribution is -2.51. The van der Waals surface area contributed by atoms with Crippen LogP contribution in [0.5, 0.6) is 0 Å². The number of rotatable bonds is 8. The third-order valence-electron chi connectivity index (χ3n) is 5.49. The number of carbonyl (C=O) groups excluding carboxylic acids is 2. The number of hydrogen-bond acceptors (Lipinski definition) is 4. The van der Waals surface area contributed by atoms with Crippen LogP contribution in [0.15, 0.2) is 48.5 Å². The topological polar surface area (TPSA) is 101 Å². The molecule has 0 radical (unpaired) electrons. The first kappa shape index (κ1) is 28.2. The lowest BCUT2D eigenvalue weighted by Gasteiger charge is -2.27. The Bertz CT molecular complexity index is 883. The Kier molecular flexibility index (Phi) is 12.0. The summed E-state index contributed by atoms with van der Waals surface area (Å²) in [4.78, 5) is 27.4. The molecule has 9 heteroatoms. The number of carbonyl (C=O) groups is 2. The summed E-state index contributed by atoms with van der Waals surface area (Å²) in [5, 5.41) is 3.58. The molecule has 0 bridgehead atoms. The standard InChI is InChI=1S/C23H29ClN4O2.2ClH/c24-19-9-8-17(10-11-25)18(14-19)15-27-22(29)21-7-4-12-28(21)23(30)20(26)13-16-5-2-1-3-6-16;;/h1-3,5-6,8-9,14,20-21H,4,7,10-13,15,25-26H2,(H,27,29);2*1H/t20-,21+;;/m1../s1. The van der Waals surface area contributed by atoms with Gasteiger partial charge < -0.3 is 21.7 Å². The number of hydrogen-bond donors (Lipinski definition) is 3. The van der Waals surface area contributed by atoms with E-state index in [1.54, 1.807) is 4.90 Å². The van der Waals surface area contributed by atoms with Crippen LogP contribution in [-0.4, -0.2) is 41.9 Å². The van der Waals surface area contributed by atoms with Crippen LogP contribution in [0.2, 0.25) is 5.02 Å². The van der Waals surface area contributed by atoms with Gasteiger partial charge in [0, 0.05) is 18.1 Å². The number of halogens is 3. The van der Waals surface area contributed by atoms with E-state index in [0.29, 0.717) is 43.9 Å². The zero-order chi connectivity index (χ0) is 21.5. The van der Waals surface area contributed by atoms with Gasteiger partial charge in [-0.3, -0.25) is 9.59 Å². The summed E-state index contributed by atoms with van der Waals surface area (Å²) < 4.78 is 0. The van der Waals surface area contributed by atoms with Crippen LogP contribution in [0, 0.1) is 0 Å². The van der Waals surface area contributed by atoms with Crippen LogP contribution in [0.4, 0.5) is 0 Å². The van der Waals surface area contributed by atoms with Crippen molar-refractivity contribution >= 4 is 48.2 Å². The first-order valence-corrected chi connectivity index (χ1v) is 10.7. The third-order valence-corrected chi connectivity index (χ3v) is 5.72. The van der Waals surface area contributed by atoms with Gasteiger partial charge in [-0.1, -0.05) is 48.0 Å². The van der Waals surface area contributed by atoms with Gasteiger partial charge in [-0.25, -0.2) is 0 Å². The Hall–Kier alpha value is -1.83. The highest BCUT2D eigenvalue weighted by atomic mass is 35.5. The van der Waals surface area contributed by atoms with Gasteiger partial charge in [0.2, 0.25) is 11.8 Å². The Balaban J connectivity index is 0.00000256. The maximum atomic E-state index is 12.9. The van der Waals surface area contributed by atoms with E-state index < -0.39 is 12.1 Å². The molecule has 0 spiro atoms. The smallest absolute Gasteiger partial charge is 0.243 e. The molecular formula is C23H31Cl3N4O2. The summed E-state index contributed by atoms with van der Waals surface area (Å²) in [7, 11) is 0. The van der Waals surface area contributed by atoms with Gasteiger partial charge >= 0.3 is 0 Å². The Morgan fingerprint density at radius 2 is 1.84 bits per heavy atom. The van der Waals surface area contributed by atoms with Gasteiger partial charge in [0.1, 0.15) is 6.04 Å². The molecule has 2 aromatic rings. The summed E-state index contributed by atoms with van der Waals surface area (Å²) in [6, 6.07) is 14.1. The average molecular weight is 502 g/mol. The van der Waals surface area contributed by atoms with E-state index in [9.17, 15) is 9.59 Å². The zero-order valence-electron chi connectivity index (χ0n) is 17.8. The van der Waals surface area contributed by atoms with Gasteiger partial charge in [-0.15, -0.1) is 24.8 Å². The minimum absolute atomic E-state index is 0. The molecule has 1 fully saturated rings. The molecule has 0 saturated carbocycles. The summed E-state index contributed by atoms with van der Waals surface area (Å²) in [5.41, 5.74) is 14.9. The second-order valence-electron chi connectivity index (χ2n) is 7.66. The second-order valence-corrected chi connectivity index (χ2v) is 8.09. The van der Waals surface area contributed by atoms with Gasteiger partial charge in [0.15, 0.2) is 0 Å². The predicted octanol–water partition coefficient (Wildman–Crippen LogP) is 2.86. The Labute approximate surface area is 206 Å². The van der Waals surface area contributed by atoms with Gasteiger partial charge in [0.25, 0.3) is 0 Å². The van der Waals surface area contributed by atoms with E-state index in [2.05, 4.69) is 5.32 Å². The molecule has 0 aromatic heterocycles. The predicted molar refractivity (Wildman–Crippen MR) is 133 cm³/mol. The molecule has 3 rings (SSSR count). The number of amides is 2. The number of benzene rings is 2. The molecule has 2 amide bonds. The van der Waals surface area contributed by atoms with E-state index in [4.69, 9.17) is 23.1 Å². The number of nitrogens with two attached hydrogens (primary N) is 2. The number of nitrogens with one attached hydrogen (secondary N) is 1. The Morgan fingerprint density at radius 1 is 1.12 bits per heavy atom. The molecule has 2 atom stereocenters. The van der Waals surface area contributed by atoms with Crippen molar-refractivity contribution in [3.63, 3.8) is 0 Å². The molecule has 1 aliphatic rings. The van der Waals surface area contributed by atoms with Crippen LogP contribution in [0.25, 0.3) is 0 Å². The van der Waals surface area contributed by atoms with Crippen LogP contribution in [-0.2, 0) is 29.0 Å². The highest BCUT2D eigenvalue weighted by Gasteiger charge is 2.36. The molecule has 1 saturated heterocycles. The SMILES string of the molecule is Cl.Cl.NCCc1ccc(Cl)cc1CNC(=O)[C@@H]1CCCN1C(=O)[C@H](N)Cc1ccccc1. The monoisotopic (exact) mass is 500 g/mol. The molecule has 176 valence electrons. The van der Waals surface area contributed by atoms with E-state index in [1.165, 1.54) is 0 Å². The largest absolute Gasteiger partial charge is 0.350 e. The molecule has 1 heterocycles. The fraction of sp³-hybridized carbons (Fsp3) is 0.391. The van der Waals surface area contributed by atoms with Crippen molar-refractivity contribution in [1.29, 1.82) is 0 Å². The van der Waals surface area contributed by atoms with E-state index >= 15 is 0 Å². The van der Waals surface area contributed by atoms with Gasteiger partial charge in [-0.2, -0.15) is 0 Å². The summed E-state index contributed by atoms with van der Waals surface area (Å²) in [6.45, 7) is 1.42. The van der Waals surface area contributed by atoms with Crippen molar-refractivity contribution in [2.45, 2.75) is 44.3 Å². The molecule has 32 heavy (non-hydrogen) atoms. The lowest BCUT2D eigenvalue weighted by molar-refractivity contribution is -0.139. The number of nitrogens with zero attached hydrogens (tertiary/aromatic N) is 1. The summed E-state index contributed by atoms with van der Waals surface area (Å²) in [6.07, 6.45) is 2.60. The third kappa shape index (κ3) is 7.36. The van der Waals surface area contributed by atoms with Crippen molar-refractivity contribution in [3.05, 3.63) is 70.2 Å². The van der Waals surface area contributed by atoms with Crippen molar-refractivity contribution < 1.29 is 9.59 Å². The molecular weight excluding hydrogens is 471 g/mol. The first-order chi connectivity index (χ1) is 14.5. The maximum Gasteiger partial charge on any atom is 0.243 e. The first-order valence-electron chi connectivity index (χ1n) is 10.3. The quantitative estimate of drug-likeness (QED) is 0.518. The van der Waals surface area contributed by atoms with Gasteiger partial charge in [-0.05, 0) is 61.1 Å². The maximum absolute atomic E-state index is 12.9. The van der Waals surface area contributed by atoms with E-state index in [0.717, 1.165) is 23.1 Å². The summed E-state index contributed by atoms with van der Waals surface area (Å²) in [5.74, 6) is -0.338. The van der Waals surface area contributed by atoms with E-state index in [-0.39, 0.29) is 36.6 Å². The van der Waals surface area contributed by atoms with Gasteiger partial charge in [0.05, 0.1) is 6.04 Å². The summed E-state index contributed by atoms with van der Waals surface area (Å²) >= 11 is 6.11. The minimum Gasteiger partial charge on any atom is -0.350 e. The fourth-order valence-corrected chi connectivity index (χ4v) is 4.12. The number of likely N-dealkylation sites (tertiary alicyclic amines) is 1. The molecule has 0 aliphatic carbocycles. The van der Waals surface area contributed by atoms with Crippen LogP contribution >= 0.6 is 36.4 Å². The molecule has 0 unspecified atom stereocenters. The highest BCUT2D eigenvalue weighted by Crippen LogP contribution is 2.20. The molecule has 5 N–H and O–H groups in total. The van der Waals surface area contributed by atoms with Crippen molar-refractivity contribution in [3.8, 4) is 0 Å². The van der Waals surface area contributed by atoms with E-state index in [1.807, 2.05) is 48.5 Å². The minimum atomic E-state index is -0.662. The Morgan fingerprint density at radius 3 is 2.53 bits per heavy atom. The van der Waals surface area contributed by atoms with Crippen LogP contribution < -0.4 is 16.8 Å². The second kappa shape index (κ2) is 13.7. The lowest BCUT2D eigenvalue weighted by atomic mass is 10.0. The van der Waals surface area contributed by atoms with Crippen LogP contribution in [0.1, 0.15) is 29.5 Å². The van der Waals surface area contributed by atoms with Crippen LogP contribution in [0.3, 0.4) is 0 Å². The fourth-order valence-electron chi connectivity index (χ4n) is 3.93. The molecule has 2 aromatic carbocycles. The normalized spacial score (nSPS) is 16.0. The average Bonchev–Trinajstić information content (AvgIpc) is 3.24. The van der Waals surface area contributed by atoms with Crippen molar-refractivity contribution in [2.75, 3.05) is 13.1 Å². The zero-order valence-corrected chi connectivity index (χ0v) is 20.2. The molecule has 1 aliphatic heterocycles. The van der Waals surface area contributed by atoms with Crippen molar-refractivity contribution in [2.24, 2.45) is 11.5 Å². The highest BCUT2D eigenvalue weighted by molar-refractivity contribution is 6.30. The molecule has 6 nitrogen and oxygen atoms in total. The van der Waals surface area contributed by atoms with Crippen molar-refractivity contribution in [1.82, 2.24) is 10.2 Å².